The summed E-state index contributed by atoms with van der Waals surface area (Å²) in [7, 11) is 0. The summed E-state index contributed by atoms with van der Waals surface area (Å²) in [4.78, 5) is 25.1. The van der Waals surface area contributed by atoms with Crippen LogP contribution in [0.1, 0.15) is 25.7 Å². The molecule has 2 saturated heterocycles. The van der Waals surface area contributed by atoms with Crippen LogP contribution in [-0.4, -0.2) is 45.9 Å². The second-order valence-electron chi connectivity index (χ2n) is 5.87. The van der Waals surface area contributed by atoms with Crippen molar-refractivity contribution in [1.82, 2.24) is 14.9 Å². The van der Waals surface area contributed by atoms with E-state index in [0.717, 1.165) is 31.2 Å². The first-order chi connectivity index (χ1) is 9.33. The molecule has 2 atom stereocenters. The molecule has 19 heavy (non-hydrogen) atoms. The Bertz CT molecular complexity index is 487. The molecule has 3 aliphatic rings. The van der Waals surface area contributed by atoms with Crippen LogP contribution < -0.4 is 4.90 Å². The fourth-order valence-corrected chi connectivity index (χ4v) is 3.47. The molecule has 0 N–H and O–H groups in total. The molecule has 0 spiro atoms. The second-order valence-corrected chi connectivity index (χ2v) is 5.87. The molecule has 1 aromatic rings. The van der Waals surface area contributed by atoms with E-state index in [1.807, 2.05) is 0 Å². The third-order valence-corrected chi connectivity index (χ3v) is 4.61. The number of likely N-dealkylation sites (tertiary alicyclic amines) is 1. The molecule has 3 fully saturated rings. The Kier molecular flexibility index (Phi) is 2.47. The molecular formula is C14H18N4O. The van der Waals surface area contributed by atoms with Crippen molar-refractivity contribution in [1.29, 1.82) is 0 Å². The Labute approximate surface area is 112 Å². The monoisotopic (exact) mass is 258 g/mol. The lowest BCUT2D eigenvalue weighted by Crippen LogP contribution is -2.38. The minimum Gasteiger partial charge on any atom is -0.350 e. The summed E-state index contributed by atoms with van der Waals surface area (Å²) in [6.45, 7) is 1.97. The summed E-state index contributed by atoms with van der Waals surface area (Å²) in [6, 6.07) is 0.707. The molecule has 0 aromatic carbocycles. The standard InChI is InChI=1S/C14H18N4O/c19-14-7-12-11(18(14)9-10-1-2-10)3-6-17(12)13-8-15-4-5-16-13/h4-5,8,10-12H,1-3,6-7,9H2/t11-,12+/m1/s1. The molecule has 1 aliphatic carbocycles. The molecular weight excluding hydrogens is 240 g/mol. The van der Waals surface area contributed by atoms with Crippen molar-refractivity contribution in [2.24, 2.45) is 5.92 Å². The summed E-state index contributed by atoms with van der Waals surface area (Å²) in [6.07, 6.45) is 9.53. The average molecular weight is 258 g/mol. The molecule has 1 amide bonds. The number of carbonyl (C=O) groups is 1. The van der Waals surface area contributed by atoms with Crippen LogP contribution in [0.2, 0.25) is 0 Å². The zero-order valence-electron chi connectivity index (χ0n) is 10.9. The van der Waals surface area contributed by atoms with Crippen LogP contribution in [-0.2, 0) is 4.79 Å². The molecule has 1 saturated carbocycles. The topological polar surface area (TPSA) is 49.3 Å². The Morgan fingerprint density at radius 2 is 2.11 bits per heavy atom. The van der Waals surface area contributed by atoms with Crippen molar-refractivity contribution in [2.45, 2.75) is 37.8 Å². The predicted molar refractivity (Wildman–Crippen MR) is 70.6 cm³/mol. The Morgan fingerprint density at radius 1 is 1.21 bits per heavy atom. The zero-order chi connectivity index (χ0) is 12.8. The minimum atomic E-state index is 0.308. The van der Waals surface area contributed by atoms with Crippen LogP contribution in [0.15, 0.2) is 18.6 Å². The molecule has 5 nitrogen and oxygen atoms in total. The van der Waals surface area contributed by atoms with Gasteiger partial charge in [-0.25, -0.2) is 4.98 Å². The van der Waals surface area contributed by atoms with Crippen molar-refractivity contribution >= 4 is 11.7 Å². The normalized spacial score (nSPS) is 30.0. The van der Waals surface area contributed by atoms with E-state index in [-0.39, 0.29) is 0 Å². The van der Waals surface area contributed by atoms with Gasteiger partial charge < -0.3 is 9.80 Å². The maximum absolute atomic E-state index is 12.2. The van der Waals surface area contributed by atoms with Crippen molar-refractivity contribution in [2.75, 3.05) is 18.0 Å². The number of amides is 1. The smallest absolute Gasteiger partial charge is 0.225 e. The molecule has 5 heteroatoms. The van der Waals surface area contributed by atoms with Gasteiger partial charge in [0, 0.05) is 31.9 Å². The van der Waals surface area contributed by atoms with E-state index < -0.39 is 0 Å². The van der Waals surface area contributed by atoms with Gasteiger partial charge in [0.2, 0.25) is 5.91 Å². The maximum atomic E-state index is 12.2. The van der Waals surface area contributed by atoms with Crippen LogP contribution in [0.4, 0.5) is 5.82 Å². The van der Waals surface area contributed by atoms with E-state index in [2.05, 4.69) is 19.8 Å². The number of anilines is 1. The Morgan fingerprint density at radius 3 is 2.84 bits per heavy atom. The van der Waals surface area contributed by atoms with Gasteiger partial charge in [0.05, 0.1) is 18.3 Å². The van der Waals surface area contributed by atoms with Crippen LogP contribution in [0.25, 0.3) is 0 Å². The number of aromatic nitrogens is 2. The fourth-order valence-electron chi connectivity index (χ4n) is 3.47. The number of carbonyl (C=O) groups excluding carboxylic acids is 1. The van der Waals surface area contributed by atoms with Gasteiger partial charge >= 0.3 is 0 Å². The van der Waals surface area contributed by atoms with Crippen LogP contribution >= 0.6 is 0 Å². The van der Waals surface area contributed by atoms with E-state index in [9.17, 15) is 4.79 Å². The highest BCUT2D eigenvalue weighted by molar-refractivity contribution is 5.81. The largest absolute Gasteiger partial charge is 0.350 e. The maximum Gasteiger partial charge on any atom is 0.225 e. The summed E-state index contributed by atoms with van der Waals surface area (Å²) in [5, 5.41) is 0. The van der Waals surface area contributed by atoms with Gasteiger partial charge in [0.25, 0.3) is 0 Å². The van der Waals surface area contributed by atoms with Crippen molar-refractivity contribution in [3.05, 3.63) is 18.6 Å². The van der Waals surface area contributed by atoms with Crippen molar-refractivity contribution in [3.63, 3.8) is 0 Å². The third-order valence-electron chi connectivity index (χ3n) is 4.61. The van der Waals surface area contributed by atoms with Crippen molar-refractivity contribution < 1.29 is 4.79 Å². The first-order valence-corrected chi connectivity index (χ1v) is 7.15. The van der Waals surface area contributed by atoms with Gasteiger partial charge in [-0.05, 0) is 25.2 Å². The number of rotatable bonds is 3. The van der Waals surface area contributed by atoms with Crippen LogP contribution in [0.5, 0.6) is 0 Å². The lowest BCUT2D eigenvalue weighted by atomic mass is 10.1. The van der Waals surface area contributed by atoms with E-state index in [4.69, 9.17) is 0 Å². The highest BCUT2D eigenvalue weighted by Gasteiger charge is 2.48. The number of hydrogen-bond donors (Lipinski definition) is 0. The van der Waals surface area contributed by atoms with Crippen molar-refractivity contribution in [3.8, 4) is 0 Å². The highest BCUT2D eigenvalue weighted by atomic mass is 16.2. The lowest BCUT2D eigenvalue weighted by molar-refractivity contribution is -0.129. The average Bonchev–Trinajstić information content (AvgIpc) is 3.09. The number of fused-ring (bicyclic) bond motifs is 1. The van der Waals surface area contributed by atoms with Gasteiger partial charge in [-0.2, -0.15) is 0 Å². The quantitative estimate of drug-likeness (QED) is 0.813. The lowest BCUT2D eigenvalue weighted by Gasteiger charge is -2.25. The molecule has 2 aliphatic heterocycles. The summed E-state index contributed by atoms with van der Waals surface area (Å²) >= 11 is 0. The molecule has 0 bridgehead atoms. The van der Waals surface area contributed by atoms with E-state index in [1.165, 1.54) is 12.8 Å². The minimum absolute atomic E-state index is 0.308. The molecule has 0 unspecified atom stereocenters. The molecule has 0 radical (unpaired) electrons. The molecule has 100 valence electrons. The van der Waals surface area contributed by atoms with Gasteiger partial charge in [-0.1, -0.05) is 0 Å². The Balaban J connectivity index is 1.55. The highest BCUT2D eigenvalue weighted by Crippen LogP contribution is 2.38. The van der Waals surface area contributed by atoms with E-state index in [1.54, 1.807) is 18.6 Å². The first-order valence-electron chi connectivity index (χ1n) is 7.15. The van der Waals surface area contributed by atoms with E-state index >= 15 is 0 Å². The first kappa shape index (κ1) is 11.2. The van der Waals surface area contributed by atoms with Gasteiger partial charge in [-0.15, -0.1) is 0 Å². The third kappa shape index (κ3) is 1.88. The van der Waals surface area contributed by atoms with Crippen LogP contribution in [0, 0.1) is 5.92 Å². The van der Waals surface area contributed by atoms with Gasteiger partial charge in [0.15, 0.2) is 0 Å². The summed E-state index contributed by atoms with van der Waals surface area (Å²) in [5.41, 5.74) is 0. The number of nitrogens with zero attached hydrogens (tertiary/aromatic N) is 4. The van der Waals surface area contributed by atoms with E-state index in [0.29, 0.717) is 24.4 Å². The molecule has 3 heterocycles. The molecule has 4 rings (SSSR count). The predicted octanol–water partition coefficient (Wildman–Crippen LogP) is 1.07. The van der Waals surface area contributed by atoms with Crippen LogP contribution in [0.3, 0.4) is 0 Å². The summed E-state index contributed by atoms with van der Waals surface area (Å²) < 4.78 is 0. The second kappa shape index (κ2) is 4.18. The van der Waals surface area contributed by atoms with Gasteiger partial charge in [0.1, 0.15) is 5.82 Å². The summed E-state index contributed by atoms with van der Waals surface area (Å²) in [5.74, 6) is 2.01. The Hall–Kier alpha value is -1.65. The molecule has 1 aromatic heterocycles. The SMILES string of the molecule is O=C1C[C@H]2[C@@H](CCN2c2cnccn2)N1CC1CC1. The number of hydrogen-bond acceptors (Lipinski definition) is 4. The fraction of sp³-hybridized carbons (Fsp3) is 0.643. The zero-order valence-corrected chi connectivity index (χ0v) is 10.9. The van der Waals surface area contributed by atoms with Gasteiger partial charge in [-0.3, -0.25) is 9.78 Å².